The van der Waals surface area contributed by atoms with E-state index < -0.39 is 10.0 Å². The standard InChI is InChI=1S/C22H28N6O3S/c1-16-21(17(2)25(3)23-16)32(30,31)28-12-8-11-27(13-14-28)22(29)20-15-19(24-26(20)4)18-9-6-5-7-10-18/h5-7,9-10,15H,8,11-14H2,1-4H3. The molecule has 3 heterocycles. The third-order valence-corrected chi connectivity index (χ3v) is 8.10. The smallest absolute Gasteiger partial charge is 0.272 e. The third kappa shape index (κ3) is 3.95. The van der Waals surface area contributed by atoms with Crippen molar-refractivity contribution in [2.24, 2.45) is 14.1 Å². The fourth-order valence-corrected chi connectivity index (χ4v) is 6.04. The number of sulfonamides is 1. The van der Waals surface area contributed by atoms with Gasteiger partial charge in [-0.2, -0.15) is 14.5 Å². The Bertz CT molecular complexity index is 1250. The highest BCUT2D eigenvalue weighted by atomic mass is 32.2. The highest BCUT2D eigenvalue weighted by Gasteiger charge is 2.33. The molecule has 1 aliphatic heterocycles. The Hall–Kier alpha value is -2.98. The topological polar surface area (TPSA) is 93.3 Å². The quantitative estimate of drug-likeness (QED) is 0.598. The molecule has 1 aliphatic rings. The van der Waals surface area contributed by atoms with E-state index in [0.29, 0.717) is 43.1 Å². The van der Waals surface area contributed by atoms with Crippen molar-refractivity contribution >= 4 is 15.9 Å². The van der Waals surface area contributed by atoms with Gasteiger partial charge in [-0.15, -0.1) is 0 Å². The number of hydrogen-bond acceptors (Lipinski definition) is 5. The molecule has 1 amide bonds. The molecule has 0 N–H and O–H groups in total. The van der Waals surface area contributed by atoms with Gasteiger partial charge in [0.05, 0.1) is 17.1 Å². The summed E-state index contributed by atoms with van der Waals surface area (Å²) in [6.07, 6.45) is 0.562. The van der Waals surface area contributed by atoms with Gasteiger partial charge in [0, 0.05) is 45.8 Å². The Kier molecular flexibility index (Phi) is 5.91. The Labute approximate surface area is 188 Å². The lowest BCUT2D eigenvalue weighted by Crippen LogP contribution is -2.38. The zero-order valence-corrected chi connectivity index (χ0v) is 19.6. The zero-order chi connectivity index (χ0) is 23.0. The first kappa shape index (κ1) is 22.2. The molecule has 0 aliphatic carbocycles. The van der Waals surface area contributed by atoms with Gasteiger partial charge in [0.15, 0.2) is 0 Å². The molecule has 0 radical (unpaired) electrons. The van der Waals surface area contributed by atoms with Crippen LogP contribution in [0.1, 0.15) is 28.3 Å². The molecule has 0 unspecified atom stereocenters. The van der Waals surface area contributed by atoms with Crippen LogP contribution >= 0.6 is 0 Å². The summed E-state index contributed by atoms with van der Waals surface area (Å²) in [5.74, 6) is -0.143. The number of aryl methyl sites for hydroxylation is 3. The minimum atomic E-state index is -3.69. The van der Waals surface area contributed by atoms with E-state index in [1.807, 2.05) is 30.3 Å². The summed E-state index contributed by atoms with van der Waals surface area (Å²) in [6, 6.07) is 11.5. The average Bonchev–Trinajstić information content (AvgIpc) is 3.14. The molecule has 3 aromatic rings. The van der Waals surface area contributed by atoms with Crippen molar-refractivity contribution in [3.63, 3.8) is 0 Å². The van der Waals surface area contributed by atoms with E-state index in [4.69, 9.17) is 0 Å². The Balaban J connectivity index is 1.53. The second kappa shape index (κ2) is 8.51. The molecule has 170 valence electrons. The lowest BCUT2D eigenvalue weighted by Gasteiger charge is -2.22. The van der Waals surface area contributed by atoms with Crippen molar-refractivity contribution in [1.82, 2.24) is 28.8 Å². The summed E-state index contributed by atoms with van der Waals surface area (Å²) in [4.78, 5) is 15.2. The van der Waals surface area contributed by atoms with Gasteiger partial charge in [0.2, 0.25) is 10.0 Å². The van der Waals surface area contributed by atoms with Crippen molar-refractivity contribution in [2.75, 3.05) is 26.2 Å². The lowest BCUT2D eigenvalue weighted by atomic mass is 10.1. The number of rotatable bonds is 4. The number of nitrogens with zero attached hydrogens (tertiary/aromatic N) is 6. The fourth-order valence-electron chi connectivity index (χ4n) is 4.17. The van der Waals surface area contributed by atoms with Crippen LogP contribution in [-0.4, -0.2) is 69.3 Å². The molecule has 10 heteroatoms. The predicted octanol–water partition coefficient (Wildman–Crippen LogP) is 1.97. The van der Waals surface area contributed by atoms with E-state index in [2.05, 4.69) is 10.2 Å². The number of hydrogen-bond donors (Lipinski definition) is 0. The lowest BCUT2D eigenvalue weighted by molar-refractivity contribution is 0.0753. The Morgan fingerprint density at radius 3 is 2.31 bits per heavy atom. The van der Waals surface area contributed by atoms with Crippen molar-refractivity contribution in [3.05, 3.63) is 53.5 Å². The van der Waals surface area contributed by atoms with Crippen LogP contribution in [0.2, 0.25) is 0 Å². The van der Waals surface area contributed by atoms with Crippen molar-refractivity contribution in [3.8, 4) is 11.3 Å². The van der Waals surface area contributed by atoms with Crippen LogP contribution in [0.5, 0.6) is 0 Å². The Morgan fingerprint density at radius 2 is 1.66 bits per heavy atom. The van der Waals surface area contributed by atoms with Crippen LogP contribution in [0.15, 0.2) is 41.3 Å². The molecule has 2 aromatic heterocycles. The molecule has 1 fully saturated rings. The molecule has 1 saturated heterocycles. The molecular weight excluding hydrogens is 428 g/mol. The molecule has 1 aromatic carbocycles. The van der Waals surface area contributed by atoms with Crippen molar-refractivity contribution < 1.29 is 13.2 Å². The number of amides is 1. The van der Waals surface area contributed by atoms with Crippen molar-refractivity contribution in [2.45, 2.75) is 25.2 Å². The van der Waals surface area contributed by atoms with Gasteiger partial charge < -0.3 is 4.90 Å². The van der Waals surface area contributed by atoms with E-state index in [1.165, 1.54) is 4.31 Å². The van der Waals surface area contributed by atoms with Gasteiger partial charge >= 0.3 is 0 Å². The monoisotopic (exact) mass is 456 g/mol. The summed E-state index contributed by atoms with van der Waals surface area (Å²) >= 11 is 0. The number of aromatic nitrogens is 4. The molecule has 9 nitrogen and oxygen atoms in total. The largest absolute Gasteiger partial charge is 0.336 e. The van der Waals surface area contributed by atoms with Gasteiger partial charge in [-0.1, -0.05) is 30.3 Å². The van der Waals surface area contributed by atoms with Crippen LogP contribution in [0.25, 0.3) is 11.3 Å². The highest BCUT2D eigenvalue weighted by Crippen LogP contribution is 2.25. The van der Waals surface area contributed by atoms with E-state index >= 15 is 0 Å². The average molecular weight is 457 g/mol. The second-order valence-electron chi connectivity index (χ2n) is 8.08. The van der Waals surface area contributed by atoms with E-state index in [0.717, 1.165) is 11.3 Å². The van der Waals surface area contributed by atoms with Gasteiger partial charge in [-0.25, -0.2) is 8.42 Å². The second-order valence-corrected chi connectivity index (χ2v) is 9.95. The van der Waals surface area contributed by atoms with Crippen LogP contribution in [0.4, 0.5) is 0 Å². The maximum Gasteiger partial charge on any atom is 0.272 e. The maximum atomic E-state index is 13.3. The molecular formula is C22H28N6O3S. The summed E-state index contributed by atoms with van der Waals surface area (Å²) in [7, 11) is -0.195. The predicted molar refractivity (Wildman–Crippen MR) is 121 cm³/mol. The first-order valence-corrected chi connectivity index (χ1v) is 12.0. The van der Waals surface area contributed by atoms with Gasteiger partial charge in [-0.3, -0.25) is 14.2 Å². The highest BCUT2D eigenvalue weighted by molar-refractivity contribution is 7.89. The normalized spacial score (nSPS) is 15.7. The van der Waals surface area contributed by atoms with Gasteiger partial charge in [0.1, 0.15) is 10.6 Å². The molecule has 0 atom stereocenters. The fraction of sp³-hybridized carbons (Fsp3) is 0.409. The molecule has 0 spiro atoms. The molecule has 32 heavy (non-hydrogen) atoms. The number of carbonyl (C=O) groups excluding carboxylic acids is 1. The van der Waals surface area contributed by atoms with Crippen LogP contribution in [-0.2, 0) is 24.1 Å². The van der Waals surface area contributed by atoms with E-state index in [1.54, 1.807) is 48.3 Å². The first-order valence-electron chi connectivity index (χ1n) is 10.6. The Morgan fingerprint density at radius 1 is 0.938 bits per heavy atom. The number of benzene rings is 1. The molecule has 0 saturated carbocycles. The van der Waals surface area contributed by atoms with Gasteiger partial charge in [0.25, 0.3) is 5.91 Å². The van der Waals surface area contributed by atoms with E-state index in [-0.39, 0.29) is 17.3 Å². The van der Waals surface area contributed by atoms with Crippen LogP contribution in [0.3, 0.4) is 0 Å². The third-order valence-electron chi connectivity index (χ3n) is 5.95. The maximum absolute atomic E-state index is 13.3. The minimum absolute atomic E-state index is 0.143. The summed E-state index contributed by atoms with van der Waals surface area (Å²) in [5.41, 5.74) is 3.27. The SMILES string of the molecule is Cc1nn(C)c(C)c1S(=O)(=O)N1CCCN(C(=O)c2cc(-c3ccccc3)nn2C)CC1. The van der Waals surface area contributed by atoms with Gasteiger partial charge in [-0.05, 0) is 26.3 Å². The van der Waals surface area contributed by atoms with E-state index in [9.17, 15) is 13.2 Å². The molecule has 0 bridgehead atoms. The van der Waals surface area contributed by atoms with Crippen molar-refractivity contribution in [1.29, 1.82) is 0 Å². The minimum Gasteiger partial charge on any atom is -0.336 e. The summed E-state index contributed by atoms with van der Waals surface area (Å²) in [5, 5.41) is 8.74. The number of carbonyl (C=O) groups is 1. The molecule has 4 rings (SSSR count). The zero-order valence-electron chi connectivity index (χ0n) is 18.8. The summed E-state index contributed by atoms with van der Waals surface area (Å²) in [6.45, 7) is 4.88. The summed E-state index contributed by atoms with van der Waals surface area (Å²) < 4.78 is 31.3. The first-order chi connectivity index (χ1) is 15.2. The van der Waals surface area contributed by atoms with Crippen LogP contribution < -0.4 is 0 Å². The van der Waals surface area contributed by atoms with Crippen LogP contribution in [0, 0.1) is 13.8 Å².